The van der Waals surface area contributed by atoms with Gasteiger partial charge < -0.3 is 16.2 Å². The number of nitrogens with one attached hydrogen (secondary N) is 1. The number of nitrogens with two attached hydrogens (primary N) is 1. The van der Waals surface area contributed by atoms with Crippen LogP contribution in [-0.2, 0) is 10.1 Å². The molecular weight excluding hydrogens is 344 g/mol. The van der Waals surface area contributed by atoms with Crippen LogP contribution in [0.3, 0.4) is 0 Å². The number of rotatable bonds is 3. The Labute approximate surface area is 143 Å². The Balaban J connectivity index is 2.12. The van der Waals surface area contributed by atoms with Crippen molar-refractivity contribution < 1.29 is 22.9 Å². The van der Waals surface area contributed by atoms with E-state index in [9.17, 15) is 22.9 Å². The molecule has 0 aliphatic carbocycles. The van der Waals surface area contributed by atoms with Crippen molar-refractivity contribution in [1.29, 1.82) is 0 Å². The largest absolute Gasteiger partial charge is 0.507 e. The van der Waals surface area contributed by atoms with Crippen LogP contribution in [0.2, 0.25) is 0 Å². The van der Waals surface area contributed by atoms with Gasteiger partial charge in [0.25, 0.3) is 16.0 Å². The Bertz CT molecular complexity index is 1090. The first-order valence-corrected chi connectivity index (χ1v) is 8.60. The monoisotopic (exact) mass is 358 g/mol. The zero-order valence-electron chi connectivity index (χ0n) is 12.8. The molecule has 8 heteroatoms. The summed E-state index contributed by atoms with van der Waals surface area (Å²) in [7, 11) is -4.51. The average Bonchev–Trinajstić information content (AvgIpc) is 2.55. The second kappa shape index (κ2) is 6.08. The van der Waals surface area contributed by atoms with E-state index < -0.39 is 20.9 Å². The molecule has 5 N–H and O–H groups in total. The van der Waals surface area contributed by atoms with Crippen LogP contribution in [0.4, 0.5) is 11.4 Å². The molecule has 0 saturated carbocycles. The fraction of sp³-hybridized carbons (Fsp3) is 0. The SMILES string of the molecule is Nc1ccccc1C(=O)Nc1cccc2c(O)cc(S(=O)(=O)O)cc12. The normalized spacial score (nSPS) is 11.4. The third kappa shape index (κ3) is 3.25. The summed E-state index contributed by atoms with van der Waals surface area (Å²) in [5.41, 5.74) is 6.60. The highest BCUT2D eigenvalue weighted by Gasteiger charge is 2.16. The summed E-state index contributed by atoms with van der Waals surface area (Å²) < 4.78 is 32.0. The summed E-state index contributed by atoms with van der Waals surface area (Å²) >= 11 is 0. The van der Waals surface area contributed by atoms with Gasteiger partial charge in [-0.2, -0.15) is 8.42 Å². The van der Waals surface area contributed by atoms with Gasteiger partial charge in [0.15, 0.2) is 0 Å². The molecule has 0 saturated heterocycles. The van der Waals surface area contributed by atoms with Crippen molar-refractivity contribution in [3.8, 4) is 5.75 Å². The molecule has 25 heavy (non-hydrogen) atoms. The zero-order valence-corrected chi connectivity index (χ0v) is 13.6. The van der Waals surface area contributed by atoms with E-state index in [-0.39, 0.29) is 22.4 Å². The Morgan fingerprint density at radius 1 is 1.00 bits per heavy atom. The average molecular weight is 358 g/mol. The van der Waals surface area contributed by atoms with Crippen molar-refractivity contribution in [1.82, 2.24) is 0 Å². The van der Waals surface area contributed by atoms with E-state index in [0.717, 1.165) is 6.07 Å². The standard InChI is InChI=1S/C17H14N2O5S/c18-14-6-2-1-4-12(14)17(21)19-15-7-3-5-11-13(15)8-10(9-16(11)20)25(22,23)24/h1-9,20H,18H2,(H,19,21)(H,22,23,24). The number of hydrogen-bond acceptors (Lipinski definition) is 5. The van der Waals surface area contributed by atoms with Gasteiger partial charge in [0.2, 0.25) is 0 Å². The zero-order chi connectivity index (χ0) is 18.2. The lowest BCUT2D eigenvalue weighted by Crippen LogP contribution is -2.14. The lowest BCUT2D eigenvalue weighted by Gasteiger charge is -2.12. The summed E-state index contributed by atoms with van der Waals surface area (Å²) in [6.07, 6.45) is 0. The van der Waals surface area contributed by atoms with Crippen molar-refractivity contribution in [3.05, 3.63) is 60.2 Å². The molecule has 0 bridgehead atoms. The number of carbonyl (C=O) groups excluding carboxylic acids is 1. The number of nitrogen functional groups attached to an aromatic ring is 1. The van der Waals surface area contributed by atoms with Crippen molar-refractivity contribution in [2.45, 2.75) is 4.90 Å². The van der Waals surface area contributed by atoms with E-state index in [1.54, 1.807) is 42.5 Å². The second-order valence-corrected chi connectivity index (χ2v) is 6.78. The quantitative estimate of drug-likeness (QED) is 0.421. The predicted molar refractivity (Wildman–Crippen MR) is 94.2 cm³/mol. The summed E-state index contributed by atoms with van der Waals surface area (Å²) in [6.45, 7) is 0. The lowest BCUT2D eigenvalue weighted by atomic mass is 10.1. The highest BCUT2D eigenvalue weighted by molar-refractivity contribution is 7.85. The maximum absolute atomic E-state index is 12.4. The maximum atomic E-state index is 12.4. The van der Waals surface area contributed by atoms with E-state index in [1.165, 1.54) is 6.07 Å². The van der Waals surface area contributed by atoms with Crippen LogP contribution in [0.25, 0.3) is 10.8 Å². The number of hydrogen-bond donors (Lipinski definition) is 4. The van der Waals surface area contributed by atoms with Crippen LogP contribution in [0.1, 0.15) is 10.4 Å². The molecule has 3 aromatic rings. The van der Waals surface area contributed by atoms with E-state index in [2.05, 4.69) is 5.32 Å². The van der Waals surface area contributed by atoms with Gasteiger partial charge >= 0.3 is 0 Å². The molecule has 3 rings (SSSR count). The molecular formula is C17H14N2O5S. The van der Waals surface area contributed by atoms with Crippen molar-refractivity contribution in [2.75, 3.05) is 11.1 Å². The molecule has 3 aromatic carbocycles. The van der Waals surface area contributed by atoms with E-state index in [4.69, 9.17) is 5.73 Å². The minimum absolute atomic E-state index is 0.259. The van der Waals surface area contributed by atoms with Crippen LogP contribution < -0.4 is 11.1 Å². The molecule has 0 fully saturated rings. The number of fused-ring (bicyclic) bond motifs is 1. The third-order valence-corrected chi connectivity index (χ3v) is 4.53. The molecule has 0 aliphatic heterocycles. The first kappa shape index (κ1) is 16.7. The summed E-state index contributed by atoms with van der Waals surface area (Å²) in [5, 5.41) is 13.3. The number of phenols is 1. The van der Waals surface area contributed by atoms with Crippen molar-refractivity contribution >= 4 is 38.2 Å². The molecule has 1 amide bonds. The molecule has 128 valence electrons. The third-order valence-electron chi connectivity index (χ3n) is 3.70. The number of amides is 1. The van der Waals surface area contributed by atoms with Gasteiger partial charge in [-0.1, -0.05) is 24.3 Å². The summed E-state index contributed by atoms with van der Waals surface area (Å²) in [6, 6.07) is 13.3. The van der Waals surface area contributed by atoms with Gasteiger partial charge in [-0.05, 0) is 24.3 Å². The van der Waals surface area contributed by atoms with Crippen molar-refractivity contribution in [3.63, 3.8) is 0 Å². The molecule has 0 aromatic heterocycles. The van der Waals surface area contributed by atoms with Gasteiger partial charge in [-0.15, -0.1) is 0 Å². The van der Waals surface area contributed by atoms with Crippen LogP contribution >= 0.6 is 0 Å². The number of carbonyl (C=O) groups is 1. The van der Waals surface area contributed by atoms with Crippen molar-refractivity contribution in [2.24, 2.45) is 0 Å². The highest BCUT2D eigenvalue weighted by Crippen LogP contribution is 2.33. The second-order valence-electron chi connectivity index (χ2n) is 5.36. The minimum atomic E-state index is -4.51. The first-order chi connectivity index (χ1) is 11.8. The Kier molecular flexibility index (Phi) is 4.07. The number of anilines is 2. The fourth-order valence-electron chi connectivity index (χ4n) is 2.49. The molecule has 0 unspecified atom stereocenters. The fourth-order valence-corrected chi connectivity index (χ4v) is 3.02. The molecule has 0 aliphatic rings. The Hall–Kier alpha value is -3.10. The predicted octanol–water partition coefficient (Wildman–Crippen LogP) is 2.63. The lowest BCUT2D eigenvalue weighted by molar-refractivity contribution is 0.102. The molecule has 7 nitrogen and oxygen atoms in total. The van der Waals surface area contributed by atoms with Gasteiger partial charge in [-0.25, -0.2) is 0 Å². The van der Waals surface area contributed by atoms with E-state index in [1.807, 2.05) is 0 Å². The Morgan fingerprint density at radius 3 is 2.40 bits per heavy atom. The molecule has 0 radical (unpaired) electrons. The van der Waals surface area contributed by atoms with E-state index >= 15 is 0 Å². The Morgan fingerprint density at radius 2 is 1.72 bits per heavy atom. The number of aromatic hydroxyl groups is 1. The smallest absolute Gasteiger partial charge is 0.294 e. The molecule has 0 spiro atoms. The van der Waals surface area contributed by atoms with Crippen LogP contribution in [0.15, 0.2) is 59.5 Å². The first-order valence-electron chi connectivity index (χ1n) is 7.16. The summed E-state index contributed by atoms with van der Waals surface area (Å²) in [4.78, 5) is 12.0. The van der Waals surface area contributed by atoms with Gasteiger partial charge in [0.05, 0.1) is 10.5 Å². The van der Waals surface area contributed by atoms with E-state index in [0.29, 0.717) is 11.1 Å². The minimum Gasteiger partial charge on any atom is -0.507 e. The highest BCUT2D eigenvalue weighted by atomic mass is 32.2. The topological polar surface area (TPSA) is 130 Å². The van der Waals surface area contributed by atoms with Crippen LogP contribution in [-0.4, -0.2) is 24.0 Å². The van der Waals surface area contributed by atoms with Crippen LogP contribution in [0, 0.1) is 0 Å². The molecule has 0 atom stereocenters. The van der Waals surface area contributed by atoms with Gasteiger partial charge in [-0.3, -0.25) is 9.35 Å². The number of para-hydroxylation sites is 1. The number of benzene rings is 3. The van der Waals surface area contributed by atoms with Gasteiger partial charge in [0, 0.05) is 28.2 Å². The summed E-state index contributed by atoms with van der Waals surface area (Å²) in [5.74, 6) is -0.817. The van der Waals surface area contributed by atoms with Crippen LogP contribution in [0.5, 0.6) is 5.75 Å². The molecule has 0 heterocycles. The number of phenolic OH excluding ortho intramolecular Hbond substituents is 1. The maximum Gasteiger partial charge on any atom is 0.294 e. The van der Waals surface area contributed by atoms with Gasteiger partial charge in [0.1, 0.15) is 5.75 Å².